The maximum atomic E-state index is 13.4. The van der Waals surface area contributed by atoms with E-state index in [9.17, 15) is 14.0 Å². The molecule has 5 rings (SSSR count). The number of fused-ring (bicyclic) bond motifs is 1. The molecule has 32 heavy (non-hydrogen) atoms. The fourth-order valence-electron chi connectivity index (χ4n) is 3.59. The molecule has 0 saturated carbocycles. The van der Waals surface area contributed by atoms with Crippen molar-refractivity contribution in [2.24, 2.45) is 0 Å². The predicted molar refractivity (Wildman–Crippen MR) is 120 cm³/mol. The van der Waals surface area contributed by atoms with Gasteiger partial charge >= 0.3 is 0 Å². The Balaban J connectivity index is 1.39. The van der Waals surface area contributed by atoms with Gasteiger partial charge in [0.2, 0.25) is 0 Å². The van der Waals surface area contributed by atoms with Crippen LogP contribution in [0.5, 0.6) is 0 Å². The quantitative estimate of drug-likeness (QED) is 0.511. The Bertz CT molecular complexity index is 1310. The van der Waals surface area contributed by atoms with Crippen LogP contribution >= 0.6 is 11.3 Å². The predicted octanol–water partition coefficient (Wildman–Crippen LogP) is 3.93. The van der Waals surface area contributed by atoms with Crippen molar-refractivity contribution in [2.45, 2.75) is 0 Å². The molecule has 0 aliphatic carbocycles. The summed E-state index contributed by atoms with van der Waals surface area (Å²) >= 11 is 1.40. The van der Waals surface area contributed by atoms with Crippen LogP contribution in [0.25, 0.3) is 16.2 Å². The third kappa shape index (κ3) is 4.00. The summed E-state index contributed by atoms with van der Waals surface area (Å²) in [7, 11) is 0. The minimum absolute atomic E-state index is 0.0420. The summed E-state index contributed by atoms with van der Waals surface area (Å²) in [6, 6.07) is 12.8. The van der Waals surface area contributed by atoms with Crippen LogP contribution < -0.4 is 5.32 Å². The van der Waals surface area contributed by atoms with E-state index >= 15 is 0 Å². The molecule has 0 spiro atoms. The van der Waals surface area contributed by atoms with E-state index in [1.165, 1.54) is 29.5 Å². The number of amides is 2. The number of halogens is 1. The molecule has 162 valence electrons. The maximum absolute atomic E-state index is 13.4. The van der Waals surface area contributed by atoms with E-state index in [2.05, 4.69) is 10.3 Å². The van der Waals surface area contributed by atoms with Crippen molar-refractivity contribution in [1.29, 1.82) is 0 Å². The van der Waals surface area contributed by atoms with Crippen LogP contribution in [-0.4, -0.2) is 52.4 Å². The van der Waals surface area contributed by atoms with Gasteiger partial charge in [0.25, 0.3) is 11.8 Å². The number of nitrogens with zero attached hydrogens (tertiary/aromatic N) is 3. The first-order valence-electron chi connectivity index (χ1n) is 10.1. The molecule has 7 nitrogen and oxygen atoms in total. The van der Waals surface area contributed by atoms with Gasteiger partial charge in [-0.25, -0.2) is 9.37 Å². The molecule has 0 atom stereocenters. The lowest BCUT2D eigenvalue weighted by molar-refractivity contribution is 0.0298. The van der Waals surface area contributed by atoms with Crippen molar-refractivity contribution in [3.8, 4) is 11.3 Å². The molecule has 1 aliphatic rings. The van der Waals surface area contributed by atoms with Crippen LogP contribution in [0.15, 0.2) is 60.1 Å². The molecule has 1 saturated heterocycles. The summed E-state index contributed by atoms with van der Waals surface area (Å²) in [5.41, 5.74) is 2.86. The highest BCUT2D eigenvalue weighted by atomic mass is 32.1. The Morgan fingerprint density at radius 1 is 1.09 bits per heavy atom. The third-order valence-corrected chi connectivity index (χ3v) is 6.07. The van der Waals surface area contributed by atoms with Gasteiger partial charge in [0, 0.05) is 41.5 Å². The van der Waals surface area contributed by atoms with Gasteiger partial charge in [-0.2, -0.15) is 0 Å². The second-order valence-corrected chi connectivity index (χ2v) is 8.19. The summed E-state index contributed by atoms with van der Waals surface area (Å²) in [4.78, 5) is 32.5. The van der Waals surface area contributed by atoms with E-state index in [-0.39, 0.29) is 11.5 Å². The molecule has 0 unspecified atom stereocenters. The first-order valence-corrected chi connectivity index (χ1v) is 11.0. The first-order chi connectivity index (χ1) is 15.6. The number of imidazole rings is 1. The van der Waals surface area contributed by atoms with Crippen LogP contribution in [0.1, 0.15) is 20.8 Å². The minimum atomic E-state index is -0.466. The van der Waals surface area contributed by atoms with Crippen molar-refractivity contribution < 1.29 is 18.7 Å². The Morgan fingerprint density at radius 3 is 2.72 bits per heavy atom. The van der Waals surface area contributed by atoms with Crippen LogP contribution in [-0.2, 0) is 4.74 Å². The molecule has 4 aromatic rings. The van der Waals surface area contributed by atoms with Crippen LogP contribution in [0.4, 0.5) is 10.1 Å². The number of aromatic nitrogens is 2. The molecule has 1 N–H and O–H groups in total. The SMILES string of the molecule is O=C(Nc1cccc(-c2cn3c(C(=O)N4CCOCC4)csc3n2)c1)c1cccc(F)c1. The van der Waals surface area contributed by atoms with Gasteiger partial charge in [-0.1, -0.05) is 18.2 Å². The zero-order valence-electron chi connectivity index (χ0n) is 17.0. The van der Waals surface area contributed by atoms with Gasteiger partial charge in [-0.3, -0.25) is 14.0 Å². The molecule has 2 amide bonds. The molecular formula is C23H19FN4O3S. The van der Waals surface area contributed by atoms with E-state index in [1.807, 2.05) is 23.7 Å². The van der Waals surface area contributed by atoms with E-state index < -0.39 is 11.7 Å². The third-order valence-electron chi connectivity index (χ3n) is 5.23. The molecule has 0 bridgehead atoms. The average Bonchev–Trinajstić information content (AvgIpc) is 3.40. The van der Waals surface area contributed by atoms with E-state index in [4.69, 9.17) is 4.74 Å². The number of rotatable bonds is 4. The van der Waals surface area contributed by atoms with Gasteiger partial charge in [-0.05, 0) is 30.3 Å². The Hall–Kier alpha value is -3.56. The first kappa shape index (κ1) is 20.3. The molecule has 3 heterocycles. The van der Waals surface area contributed by atoms with Crippen molar-refractivity contribution >= 4 is 33.8 Å². The number of morpholine rings is 1. The van der Waals surface area contributed by atoms with E-state index in [1.54, 1.807) is 27.5 Å². The van der Waals surface area contributed by atoms with E-state index in [0.717, 1.165) is 5.56 Å². The average molecular weight is 450 g/mol. The van der Waals surface area contributed by atoms with Crippen LogP contribution in [0.2, 0.25) is 0 Å². The van der Waals surface area contributed by atoms with E-state index in [0.29, 0.717) is 48.3 Å². The van der Waals surface area contributed by atoms with Crippen molar-refractivity contribution in [1.82, 2.24) is 14.3 Å². The Kier molecular flexibility index (Phi) is 5.42. The molecular weight excluding hydrogens is 431 g/mol. The number of nitrogens with one attached hydrogen (secondary N) is 1. The summed E-state index contributed by atoms with van der Waals surface area (Å²) in [6.07, 6.45) is 1.83. The van der Waals surface area contributed by atoms with Gasteiger partial charge < -0.3 is 15.0 Å². The fourth-order valence-corrected chi connectivity index (χ4v) is 4.44. The van der Waals surface area contributed by atoms with Gasteiger partial charge in [0.1, 0.15) is 11.5 Å². The highest BCUT2D eigenvalue weighted by Gasteiger charge is 2.22. The topological polar surface area (TPSA) is 75.9 Å². The molecule has 9 heteroatoms. The van der Waals surface area contributed by atoms with Gasteiger partial charge in [-0.15, -0.1) is 11.3 Å². The lowest BCUT2D eigenvalue weighted by Gasteiger charge is -2.26. The largest absolute Gasteiger partial charge is 0.378 e. The second-order valence-electron chi connectivity index (χ2n) is 7.35. The normalized spacial score (nSPS) is 14.0. The zero-order valence-corrected chi connectivity index (χ0v) is 17.8. The Morgan fingerprint density at radius 2 is 1.91 bits per heavy atom. The van der Waals surface area contributed by atoms with Gasteiger partial charge in [0.05, 0.1) is 18.9 Å². The number of carbonyl (C=O) groups is 2. The lowest BCUT2D eigenvalue weighted by atomic mass is 10.1. The Labute approximate surface area is 187 Å². The number of carbonyl (C=O) groups excluding carboxylic acids is 2. The van der Waals surface area contributed by atoms with Crippen molar-refractivity contribution in [3.63, 3.8) is 0 Å². The lowest BCUT2D eigenvalue weighted by Crippen LogP contribution is -2.41. The highest BCUT2D eigenvalue weighted by Crippen LogP contribution is 2.26. The summed E-state index contributed by atoms with van der Waals surface area (Å²) in [5.74, 6) is -0.905. The molecule has 1 aliphatic heterocycles. The maximum Gasteiger partial charge on any atom is 0.271 e. The smallest absolute Gasteiger partial charge is 0.271 e. The second kappa shape index (κ2) is 8.52. The van der Waals surface area contributed by atoms with Gasteiger partial charge in [0.15, 0.2) is 4.96 Å². The van der Waals surface area contributed by atoms with Crippen molar-refractivity contribution in [3.05, 3.63) is 77.2 Å². The number of hydrogen-bond donors (Lipinski definition) is 1. The summed E-state index contributed by atoms with van der Waals surface area (Å²) < 4.78 is 20.5. The summed E-state index contributed by atoms with van der Waals surface area (Å²) in [6.45, 7) is 2.24. The van der Waals surface area contributed by atoms with Crippen LogP contribution in [0.3, 0.4) is 0 Å². The number of benzene rings is 2. The standard InChI is InChI=1S/C23H19FN4O3S/c24-17-5-1-4-16(11-17)21(29)25-18-6-2-3-15(12-18)19-13-28-20(14-32-23(28)26-19)22(30)27-7-9-31-10-8-27/h1-6,11-14H,7-10H2,(H,25,29). The fraction of sp³-hybridized carbons (Fsp3) is 0.174. The molecule has 1 fully saturated rings. The number of anilines is 1. The zero-order chi connectivity index (χ0) is 22.1. The van der Waals surface area contributed by atoms with Crippen molar-refractivity contribution in [2.75, 3.05) is 31.6 Å². The monoisotopic (exact) mass is 450 g/mol. The molecule has 0 radical (unpaired) electrons. The molecule has 2 aromatic heterocycles. The minimum Gasteiger partial charge on any atom is -0.378 e. The molecule has 2 aromatic carbocycles. The highest BCUT2D eigenvalue weighted by molar-refractivity contribution is 7.15. The summed E-state index contributed by atoms with van der Waals surface area (Å²) in [5, 5.41) is 4.60. The number of thiazole rings is 1. The number of ether oxygens (including phenoxy) is 1. The number of hydrogen-bond acceptors (Lipinski definition) is 5. The van der Waals surface area contributed by atoms with Crippen LogP contribution in [0, 0.1) is 5.82 Å².